The molecule has 1 saturated carbocycles. The van der Waals surface area contributed by atoms with E-state index in [0.29, 0.717) is 23.7 Å². The predicted octanol–water partition coefficient (Wildman–Crippen LogP) is 7.19. The highest BCUT2D eigenvalue weighted by molar-refractivity contribution is 5.81. The first-order valence-corrected chi connectivity index (χ1v) is 15.6. The highest BCUT2D eigenvalue weighted by atomic mass is 16.2. The second kappa shape index (κ2) is 10.9. The van der Waals surface area contributed by atoms with Crippen LogP contribution in [0.5, 0.6) is 0 Å². The molecule has 2 aliphatic carbocycles. The number of pyridine rings is 1. The van der Waals surface area contributed by atoms with Gasteiger partial charge in [0, 0.05) is 36.5 Å². The Balaban J connectivity index is 1.11. The summed E-state index contributed by atoms with van der Waals surface area (Å²) in [4.78, 5) is 19.7. The van der Waals surface area contributed by atoms with E-state index in [2.05, 4.69) is 72.4 Å². The number of aryl methyl sites for hydroxylation is 3. The highest BCUT2D eigenvalue weighted by Gasteiger charge is 2.35. The summed E-state index contributed by atoms with van der Waals surface area (Å²) >= 11 is 0. The third-order valence-electron chi connectivity index (χ3n) is 9.67. The molecule has 41 heavy (non-hydrogen) atoms. The van der Waals surface area contributed by atoms with Crippen molar-refractivity contribution in [3.05, 3.63) is 100 Å². The molecule has 1 amide bonds. The van der Waals surface area contributed by atoms with Crippen LogP contribution >= 0.6 is 0 Å². The van der Waals surface area contributed by atoms with Gasteiger partial charge in [-0.05, 0) is 116 Å². The lowest BCUT2D eigenvalue weighted by Crippen LogP contribution is -2.38. The maximum absolute atomic E-state index is 12.5. The van der Waals surface area contributed by atoms with E-state index < -0.39 is 0 Å². The summed E-state index contributed by atoms with van der Waals surface area (Å²) in [5.74, 6) is 2.66. The molecule has 1 atom stereocenters. The summed E-state index contributed by atoms with van der Waals surface area (Å²) in [7, 11) is 0. The summed E-state index contributed by atoms with van der Waals surface area (Å²) in [6.07, 6.45) is 10.6. The molecule has 7 rings (SSSR count). The van der Waals surface area contributed by atoms with Gasteiger partial charge in [0.2, 0.25) is 5.91 Å². The van der Waals surface area contributed by atoms with E-state index in [-0.39, 0.29) is 0 Å². The summed E-state index contributed by atoms with van der Waals surface area (Å²) in [5, 5.41) is 4.48. The van der Waals surface area contributed by atoms with E-state index in [9.17, 15) is 4.79 Å². The van der Waals surface area contributed by atoms with Crippen LogP contribution < -0.4 is 0 Å². The molecule has 1 saturated heterocycles. The lowest BCUT2D eigenvalue weighted by Gasteiger charge is -2.33. The van der Waals surface area contributed by atoms with Crippen molar-refractivity contribution in [2.75, 3.05) is 13.1 Å². The van der Waals surface area contributed by atoms with Crippen molar-refractivity contribution in [1.82, 2.24) is 19.7 Å². The van der Waals surface area contributed by atoms with Crippen molar-refractivity contribution in [2.24, 2.45) is 5.92 Å². The van der Waals surface area contributed by atoms with Gasteiger partial charge < -0.3 is 4.90 Å². The maximum Gasteiger partial charge on any atom is 0.225 e. The van der Waals surface area contributed by atoms with Crippen molar-refractivity contribution < 1.29 is 4.79 Å². The molecule has 3 aliphatic rings. The molecule has 2 fully saturated rings. The Hall–Kier alpha value is -3.73. The number of hydrogen-bond acceptors (Lipinski definition) is 3. The van der Waals surface area contributed by atoms with Crippen LogP contribution in [0.25, 0.3) is 17.1 Å². The van der Waals surface area contributed by atoms with Crippen LogP contribution in [0.15, 0.2) is 66.9 Å². The molecule has 0 spiro atoms. The Bertz CT molecular complexity index is 1570. The lowest BCUT2D eigenvalue weighted by molar-refractivity contribution is -0.133. The number of benzene rings is 2. The predicted molar refractivity (Wildman–Crippen MR) is 163 cm³/mol. The number of aromatic nitrogens is 3. The van der Waals surface area contributed by atoms with Gasteiger partial charge in [-0.2, -0.15) is 5.10 Å². The van der Waals surface area contributed by atoms with Crippen LogP contribution in [0, 0.1) is 12.8 Å². The molecular weight excluding hydrogens is 504 g/mol. The quantitative estimate of drug-likeness (QED) is 0.247. The van der Waals surface area contributed by atoms with Gasteiger partial charge in [-0.15, -0.1) is 0 Å². The van der Waals surface area contributed by atoms with Gasteiger partial charge in [0.05, 0.1) is 5.69 Å². The van der Waals surface area contributed by atoms with Crippen molar-refractivity contribution in [1.29, 1.82) is 0 Å². The standard InChI is InChI=1S/C36H40N4O/c1-3-26-22-25(10-15-31(26)27-17-20-39(21-18-27)36(41)29-12-13-29)23-30-14-11-28-6-4-7-32(35(28)30)33-8-5-9-34(38-33)40-24(2)16-19-37-40/h4-10,15-16,19,22,27,29-30H,3,11-14,17-18,20-21,23H2,1-2H3. The maximum atomic E-state index is 12.5. The number of rotatable bonds is 7. The molecule has 5 heteroatoms. The second-order valence-electron chi connectivity index (χ2n) is 12.3. The Kier molecular flexibility index (Phi) is 6.98. The summed E-state index contributed by atoms with van der Waals surface area (Å²) in [6.45, 7) is 6.19. The molecule has 5 nitrogen and oxygen atoms in total. The number of hydrogen-bond donors (Lipinski definition) is 0. The smallest absolute Gasteiger partial charge is 0.225 e. The Morgan fingerprint density at radius 1 is 0.951 bits per heavy atom. The molecule has 1 unspecified atom stereocenters. The lowest BCUT2D eigenvalue weighted by atomic mass is 9.83. The SMILES string of the molecule is CCc1cc(CC2CCc3cccc(-c4cccc(-n5nccc5C)n4)c32)ccc1C1CCN(C(=O)C2CC2)CC1. The van der Waals surface area contributed by atoms with Crippen LogP contribution in [-0.4, -0.2) is 38.7 Å². The third kappa shape index (κ3) is 5.11. The van der Waals surface area contributed by atoms with Crippen LogP contribution in [0.2, 0.25) is 0 Å². The minimum Gasteiger partial charge on any atom is -0.342 e. The van der Waals surface area contributed by atoms with Crippen LogP contribution in [0.1, 0.15) is 84.4 Å². The van der Waals surface area contributed by atoms with Crippen molar-refractivity contribution in [3.63, 3.8) is 0 Å². The van der Waals surface area contributed by atoms with Crippen molar-refractivity contribution in [2.45, 2.75) is 77.0 Å². The highest BCUT2D eigenvalue weighted by Crippen LogP contribution is 2.42. The van der Waals surface area contributed by atoms with Gasteiger partial charge in [-0.3, -0.25) is 4.79 Å². The monoisotopic (exact) mass is 544 g/mol. The van der Waals surface area contributed by atoms with E-state index in [0.717, 1.165) is 75.2 Å². The van der Waals surface area contributed by atoms with Gasteiger partial charge >= 0.3 is 0 Å². The van der Waals surface area contributed by atoms with Gasteiger partial charge in [0.1, 0.15) is 0 Å². The molecule has 4 aromatic rings. The molecule has 3 heterocycles. The largest absolute Gasteiger partial charge is 0.342 e. The van der Waals surface area contributed by atoms with Gasteiger partial charge in [-0.1, -0.05) is 49.4 Å². The van der Waals surface area contributed by atoms with Crippen LogP contribution in [0.3, 0.4) is 0 Å². The van der Waals surface area contributed by atoms with Crippen molar-refractivity contribution in [3.8, 4) is 17.1 Å². The number of likely N-dealkylation sites (tertiary alicyclic amines) is 1. The Morgan fingerprint density at radius 2 is 1.78 bits per heavy atom. The van der Waals surface area contributed by atoms with Crippen LogP contribution in [-0.2, 0) is 24.1 Å². The number of carbonyl (C=O) groups excluding carboxylic acids is 1. The Labute approximate surface area is 243 Å². The summed E-state index contributed by atoms with van der Waals surface area (Å²) < 4.78 is 1.91. The zero-order chi connectivity index (χ0) is 27.9. The topological polar surface area (TPSA) is 51.0 Å². The zero-order valence-electron chi connectivity index (χ0n) is 24.4. The van der Waals surface area contributed by atoms with Crippen LogP contribution in [0.4, 0.5) is 0 Å². The van der Waals surface area contributed by atoms with Gasteiger partial charge in [0.15, 0.2) is 5.82 Å². The van der Waals surface area contributed by atoms with Gasteiger partial charge in [-0.25, -0.2) is 9.67 Å². The molecule has 2 aromatic heterocycles. The molecule has 2 aromatic carbocycles. The van der Waals surface area contributed by atoms with E-state index in [1.807, 2.05) is 23.0 Å². The average Bonchev–Trinajstić information content (AvgIpc) is 3.66. The summed E-state index contributed by atoms with van der Waals surface area (Å²) in [5.41, 5.74) is 10.8. The fraction of sp³-hybridized carbons (Fsp3) is 0.417. The molecule has 0 N–H and O–H groups in total. The molecule has 210 valence electrons. The molecular formula is C36H40N4O. The second-order valence-corrected chi connectivity index (χ2v) is 12.3. The fourth-order valence-electron chi connectivity index (χ4n) is 7.29. The molecule has 1 aliphatic heterocycles. The number of amides is 1. The number of fused-ring (bicyclic) bond motifs is 1. The van der Waals surface area contributed by atoms with E-state index in [4.69, 9.17) is 4.98 Å². The first kappa shape index (κ1) is 26.2. The number of carbonyl (C=O) groups is 1. The average molecular weight is 545 g/mol. The van der Waals surface area contributed by atoms with E-state index in [1.54, 1.807) is 0 Å². The van der Waals surface area contributed by atoms with E-state index in [1.165, 1.54) is 39.8 Å². The fourth-order valence-corrected chi connectivity index (χ4v) is 7.29. The number of nitrogens with zero attached hydrogens (tertiary/aromatic N) is 4. The first-order valence-electron chi connectivity index (χ1n) is 15.6. The van der Waals surface area contributed by atoms with Crippen molar-refractivity contribution >= 4 is 5.91 Å². The minimum absolute atomic E-state index is 0.332. The summed E-state index contributed by atoms with van der Waals surface area (Å²) in [6, 6.07) is 22.3. The molecule has 0 bridgehead atoms. The number of piperidine rings is 1. The normalized spacial score (nSPS) is 19.0. The Morgan fingerprint density at radius 3 is 2.54 bits per heavy atom. The van der Waals surface area contributed by atoms with Gasteiger partial charge in [0.25, 0.3) is 0 Å². The minimum atomic E-state index is 0.332. The first-order chi connectivity index (χ1) is 20.1. The molecule has 0 radical (unpaired) electrons. The third-order valence-corrected chi connectivity index (χ3v) is 9.67. The zero-order valence-corrected chi connectivity index (χ0v) is 24.4. The van der Waals surface area contributed by atoms with E-state index >= 15 is 0 Å².